The fourth-order valence-electron chi connectivity index (χ4n) is 0.698. The van der Waals surface area contributed by atoms with Crippen LogP contribution in [-0.4, -0.2) is 17.0 Å². The number of hydrogen-bond donors (Lipinski definition) is 1. The molecule has 0 heterocycles. The maximum atomic E-state index is 5.84. The van der Waals surface area contributed by atoms with Crippen LogP contribution in [0.3, 0.4) is 0 Å². The van der Waals surface area contributed by atoms with E-state index in [1.807, 2.05) is 18.7 Å². The summed E-state index contributed by atoms with van der Waals surface area (Å²) in [6.07, 6.45) is 2.05. The molecular weight excluding hydrogens is 166 g/mol. The van der Waals surface area contributed by atoms with Gasteiger partial charge < -0.3 is 5.73 Å². The Labute approximate surface area is 80.5 Å². The molecule has 0 radical (unpaired) electrons. The predicted octanol–water partition coefficient (Wildman–Crippen LogP) is 2.26. The molecule has 2 N–H and O–H groups in total. The molecule has 0 aliphatic heterocycles. The maximum absolute atomic E-state index is 5.84. The van der Waals surface area contributed by atoms with Crippen LogP contribution in [-0.2, 0) is 0 Å². The summed E-state index contributed by atoms with van der Waals surface area (Å²) >= 11 is 1.94. The summed E-state index contributed by atoms with van der Waals surface area (Å²) in [4.78, 5) is 0. The highest BCUT2D eigenvalue weighted by Crippen LogP contribution is 2.14. The monoisotopic (exact) mass is 185 g/mol. The zero-order valence-corrected chi connectivity index (χ0v) is 9.08. The van der Waals surface area contributed by atoms with Crippen molar-refractivity contribution >= 4 is 11.8 Å². The lowest BCUT2D eigenvalue weighted by Gasteiger charge is -2.11. The molecule has 0 amide bonds. The van der Waals surface area contributed by atoms with Crippen molar-refractivity contribution in [2.75, 3.05) is 5.75 Å². The summed E-state index contributed by atoms with van der Waals surface area (Å²) in [5.74, 6) is 6.89. The van der Waals surface area contributed by atoms with Gasteiger partial charge in [0.1, 0.15) is 0 Å². The highest BCUT2D eigenvalue weighted by atomic mass is 32.2. The second kappa shape index (κ2) is 7.52. The Morgan fingerprint density at radius 3 is 2.67 bits per heavy atom. The molecule has 2 heteroatoms. The zero-order valence-electron chi connectivity index (χ0n) is 8.26. The molecule has 0 fully saturated rings. The Balaban J connectivity index is 3.40. The summed E-state index contributed by atoms with van der Waals surface area (Å²) in [7, 11) is 0. The predicted molar refractivity (Wildman–Crippen MR) is 58.3 cm³/mol. The third-order valence-electron chi connectivity index (χ3n) is 1.71. The Morgan fingerprint density at radius 2 is 2.17 bits per heavy atom. The first kappa shape index (κ1) is 11.9. The van der Waals surface area contributed by atoms with Gasteiger partial charge in [0.15, 0.2) is 0 Å². The lowest BCUT2D eigenvalue weighted by Crippen LogP contribution is -2.23. The highest BCUT2D eigenvalue weighted by molar-refractivity contribution is 7.99. The van der Waals surface area contributed by atoms with E-state index in [4.69, 9.17) is 5.73 Å². The molecule has 0 aliphatic rings. The van der Waals surface area contributed by atoms with Crippen molar-refractivity contribution in [2.45, 2.75) is 44.9 Å². The fraction of sp³-hybridized carbons (Fsp3) is 0.800. The van der Waals surface area contributed by atoms with Crippen molar-refractivity contribution in [3.8, 4) is 11.8 Å². The molecule has 0 aromatic carbocycles. The van der Waals surface area contributed by atoms with Crippen LogP contribution in [0.5, 0.6) is 0 Å². The van der Waals surface area contributed by atoms with E-state index in [-0.39, 0.29) is 6.04 Å². The quantitative estimate of drug-likeness (QED) is 0.665. The Hall–Kier alpha value is -0.130. The molecule has 0 aromatic rings. The molecule has 0 aliphatic carbocycles. The third kappa shape index (κ3) is 6.57. The van der Waals surface area contributed by atoms with Crippen LogP contribution in [0.25, 0.3) is 0 Å². The minimum atomic E-state index is 0.247. The van der Waals surface area contributed by atoms with Gasteiger partial charge in [-0.25, -0.2) is 0 Å². The van der Waals surface area contributed by atoms with E-state index in [0.717, 1.165) is 17.4 Å². The van der Waals surface area contributed by atoms with E-state index < -0.39 is 0 Å². The van der Waals surface area contributed by atoms with E-state index in [9.17, 15) is 0 Å². The van der Waals surface area contributed by atoms with Crippen LogP contribution >= 0.6 is 11.8 Å². The van der Waals surface area contributed by atoms with Crippen molar-refractivity contribution in [3.63, 3.8) is 0 Å². The SMILES string of the molecule is CC#CCC(N)CSC(C)CC. The highest BCUT2D eigenvalue weighted by Gasteiger charge is 2.03. The first-order valence-electron chi connectivity index (χ1n) is 4.47. The zero-order chi connectivity index (χ0) is 9.40. The first-order chi connectivity index (χ1) is 5.70. The first-order valence-corrected chi connectivity index (χ1v) is 5.52. The van der Waals surface area contributed by atoms with Crippen molar-refractivity contribution < 1.29 is 0 Å². The second-order valence-corrected chi connectivity index (χ2v) is 4.41. The van der Waals surface area contributed by atoms with E-state index in [1.54, 1.807) is 0 Å². The van der Waals surface area contributed by atoms with Gasteiger partial charge in [0.25, 0.3) is 0 Å². The van der Waals surface area contributed by atoms with Gasteiger partial charge >= 0.3 is 0 Å². The lowest BCUT2D eigenvalue weighted by atomic mass is 10.2. The van der Waals surface area contributed by atoms with E-state index in [0.29, 0.717) is 0 Å². The number of nitrogens with two attached hydrogens (primary N) is 1. The molecule has 2 unspecified atom stereocenters. The molecule has 0 aromatic heterocycles. The summed E-state index contributed by atoms with van der Waals surface area (Å²) in [6.45, 7) is 6.30. The molecule has 0 spiro atoms. The lowest BCUT2D eigenvalue weighted by molar-refractivity contribution is 0.776. The van der Waals surface area contributed by atoms with Crippen LogP contribution < -0.4 is 5.73 Å². The number of rotatable bonds is 5. The van der Waals surface area contributed by atoms with Crippen LogP contribution in [0.4, 0.5) is 0 Å². The Bertz CT molecular complexity index is 157. The molecule has 0 saturated heterocycles. The molecular formula is C10H19NS. The minimum absolute atomic E-state index is 0.247. The summed E-state index contributed by atoms with van der Waals surface area (Å²) in [6, 6.07) is 0.247. The topological polar surface area (TPSA) is 26.0 Å². The van der Waals surface area contributed by atoms with Crippen LogP contribution in [0, 0.1) is 11.8 Å². The summed E-state index contributed by atoms with van der Waals surface area (Å²) in [5, 5.41) is 0.727. The van der Waals surface area contributed by atoms with Gasteiger partial charge in [-0.3, -0.25) is 0 Å². The molecule has 0 bridgehead atoms. The van der Waals surface area contributed by atoms with E-state index in [1.165, 1.54) is 6.42 Å². The van der Waals surface area contributed by atoms with Gasteiger partial charge in [-0.15, -0.1) is 11.8 Å². The Kier molecular flexibility index (Phi) is 7.43. The largest absolute Gasteiger partial charge is 0.326 e. The molecule has 0 saturated carbocycles. The molecule has 70 valence electrons. The molecule has 0 rings (SSSR count). The van der Waals surface area contributed by atoms with E-state index >= 15 is 0 Å². The van der Waals surface area contributed by atoms with Gasteiger partial charge in [0, 0.05) is 23.5 Å². The van der Waals surface area contributed by atoms with Gasteiger partial charge in [0.05, 0.1) is 0 Å². The van der Waals surface area contributed by atoms with Gasteiger partial charge in [-0.1, -0.05) is 13.8 Å². The summed E-state index contributed by atoms with van der Waals surface area (Å²) < 4.78 is 0. The van der Waals surface area contributed by atoms with Crippen molar-refractivity contribution in [2.24, 2.45) is 5.73 Å². The van der Waals surface area contributed by atoms with Crippen molar-refractivity contribution in [1.29, 1.82) is 0 Å². The third-order valence-corrected chi connectivity index (χ3v) is 3.23. The maximum Gasteiger partial charge on any atom is 0.0249 e. The van der Waals surface area contributed by atoms with Gasteiger partial charge in [-0.2, -0.15) is 11.8 Å². The average molecular weight is 185 g/mol. The number of hydrogen-bond acceptors (Lipinski definition) is 2. The van der Waals surface area contributed by atoms with Crippen molar-refractivity contribution in [3.05, 3.63) is 0 Å². The minimum Gasteiger partial charge on any atom is -0.326 e. The van der Waals surface area contributed by atoms with E-state index in [2.05, 4.69) is 25.7 Å². The van der Waals surface area contributed by atoms with Crippen LogP contribution in [0.2, 0.25) is 0 Å². The average Bonchev–Trinajstić information content (AvgIpc) is 2.10. The normalized spacial score (nSPS) is 14.7. The Morgan fingerprint density at radius 1 is 1.50 bits per heavy atom. The summed E-state index contributed by atoms with van der Waals surface area (Å²) in [5.41, 5.74) is 5.84. The molecule has 2 atom stereocenters. The smallest absolute Gasteiger partial charge is 0.0249 e. The standard InChI is InChI=1S/C10H19NS/c1-4-6-7-10(11)8-12-9(3)5-2/h9-10H,5,7-8,11H2,1-3H3. The number of thioether (sulfide) groups is 1. The van der Waals surface area contributed by atoms with Crippen molar-refractivity contribution in [1.82, 2.24) is 0 Å². The fourth-order valence-corrected chi connectivity index (χ4v) is 1.63. The van der Waals surface area contributed by atoms with Crippen LogP contribution in [0.1, 0.15) is 33.6 Å². The van der Waals surface area contributed by atoms with Crippen LogP contribution in [0.15, 0.2) is 0 Å². The molecule has 1 nitrogen and oxygen atoms in total. The van der Waals surface area contributed by atoms with Gasteiger partial charge in [0.2, 0.25) is 0 Å². The second-order valence-electron chi connectivity index (χ2n) is 2.94. The molecule has 12 heavy (non-hydrogen) atoms. The van der Waals surface area contributed by atoms with Gasteiger partial charge in [-0.05, 0) is 13.3 Å².